The third-order valence-electron chi connectivity index (χ3n) is 4.51. The largest absolute Gasteiger partial charge is 0.497 e. The summed E-state index contributed by atoms with van der Waals surface area (Å²) >= 11 is 0. The number of hydrogen-bond donors (Lipinski definition) is 1. The first-order chi connectivity index (χ1) is 12.0. The van der Waals surface area contributed by atoms with E-state index in [1.165, 1.54) is 0 Å². The van der Waals surface area contributed by atoms with Crippen LogP contribution in [0.4, 0.5) is 0 Å². The average molecular weight is 348 g/mol. The number of nitrogens with one attached hydrogen (secondary N) is 1. The van der Waals surface area contributed by atoms with Crippen LogP contribution in [0.2, 0.25) is 0 Å². The van der Waals surface area contributed by atoms with Gasteiger partial charge in [0.05, 0.1) is 13.2 Å². The van der Waals surface area contributed by atoms with Crippen LogP contribution in [0.3, 0.4) is 0 Å². The van der Waals surface area contributed by atoms with Crippen molar-refractivity contribution in [2.75, 3.05) is 20.3 Å². The van der Waals surface area contributed by atoms with E-state index >= 15 is 0 Å². The molecule has 1 aliphatic rings. The number of rotatable bonds is 8. The Labute approximate surface area is 149 Å². The molecule has 1 N–H and O–H groups in total. The number of amides is 2. The first kappa shape index (κ1) is 19.2. The van der Waals surface area contributed by atoms with E-state index in [0.29, 0.717) is 19.5 Å². The van der Waals surface area contributed by atoms with Crippen molar-refractivity contribution in [3.8, 4) is 5.75 Å². The summed E-state index contributed by atoms with van der Waals surface area (Å²) in [5.74, 6) is 0.570. The highest BCUT2D eigenvalue weighted by atomic mass is 16.5. The van der Waals surface area contributed by atoms with E-state index in [1.807, 2.05) is 24.3 Å². The van der Waals surface area contributed by atoms with E-state index in [1.54, 1.807) is 25.9 Å². The fourth-order valence-electron chi connectivity index (χ4n) is 2.88. The van der Waals surface area contributed by atoms with Gasteiger partial charge in [0.1, 0.15) is 11.8 Å². The van der Waals surface area contributed by atoms with Gasteiger partial charge in [-0.25, -0.2) is 0 Å². The molecule has 6 heteroatoms. The van der Waals surface area contributed by atoms with Gasteiger partial charge in [-0.3, -0.25) is 9.59 Å². The minimum absolute atomic E-state index is 0.0458. The normalized spacial score (nSPS) is 17.8. The van der Waals surface area contributed by atoms with Gasteiger partial charge >= 0.3 is 0 Å². The summed E-state index contributed by atoms with van der Waals surface area (Å²) in [6.45, 7) is 5.22. The van der Waals surface area contributed by atoms with Gasteiger partial charge in [-0.15, -0.1) is 0 Å². The third-order valence-corrected chi connectivity index (χ3v) is 4.51. The molecule has 0 radical (unpaired) electrons. The van der Waals surface area contributed by atoms with Crippen LogP contribution in [-0.4, -0.2) is 49.1 Å². The van der Waals surface area contributed by atoms with Crippen molar-refractivity contribution in [2.45, 2.75) is 51.8 Å². The number of nitrogens with zero attached hydrogens (tertiary/aromatic N) is 1. The lowest BCUT2D eigenvalue weighted by molar-refractivity contribution is -0.140. The molecule has 1 aromatic rings. The van der Waals surface area contributed by atoms with Crippen molar-refractivity contribution in [3.05, 3.63) is 29.8 Å². The summed E-state index contributed by atoms with van der Waals surface area (Å²) in [7, 11) is 1.61. The third kappa shape index (κ3) is 5.46. The molecule has 138 valence electrons. The van der Waals surface area contributed by atoms with Gasteiger partial charge in [0.2, 0.25) is 11.8 Å². The Kier molecular flexibility index (Phi) is 7.25. The van der Waals surface area contributed by atoms with Gasteiger partial charge in [-0.05, 0) is 37.5 Å². The van der Waals surface area contributed by atoms with E-state index < -0.39 is 6.04 Å². The first-order valence-corrected chi connectivity index (χ1v) is 8.86. The minimum Gasteiger partial charge on any atom is -0.497 e. The fourth-order valence-corrected chi connectivity index (χ4v) is 2.88. The molecule has 1 saturated heterocycles. The topological polar surface area (TPSA) is 67.9 Å². The van der Waals surface area contributed by atoms with E-state index in [2.05, 4.69) is 5.32 Å². The van der Waals surface area contributed by atoms with E-state index in [0.717, 1.165) is 30.8 Å². The Morgan fingerprint density at radius 1 is 1.36 bits per heavy atom. The Morgan fingerprint density at radius 3 is 2.64 bits per heavy atom. The molecule has 0 aliphatic carbocycles. The molecule has 1 fully saturated rings. The van der Waals surface area contributed by atoms with Gasteiger partial charge in [-0.1, -0.05) is 19.1 Å². The van der Waals surface area contributed by atoms with Crippen LogP contribution in [0, 0.1) is 0 Å². The maximum Gasteiger partial charge on any atom is 0.242 e. The lowest BCUT2D eigenvalue weighted by Gasteiger charge is -2.28. The van der Waals surface area contributed by atoms with Crippen LogP contribution < -0.4 is 10.1 Å². The molecule has 6 nitrogen and oxygen atoms in total. The molecule has 0 saturated carbocycles. The molecule has 0 bridgehead atoms. The van der Waals surface area contributed by atoms with Crippen molar-refractivity contribution in [2.24, 2.45) is 0 Å². The van der Waals surface area contributed by atoms with Crippen LogP contribution in [-0.2, 0) is 20.9 Å². The highest BCUT2D eigenvalue weighted by molar-refractivity contribution is 5.87. The van der Waals surface area contributed by atoms with Crippen LogP contribution >= 0.6 is 0 Å². The summed E-state index contributed by atoms with van der Waals surface area (Å²) in [5, 5.41) is 2.91. The molecule has 0 aromatic heterocycles. The van der Waals surface area contributed by atoms with Crippen molar-refractivity contribution < 1.29 is 19.1 Å². The van der Waals surface area contributed by atoms with Gasteiger partial charge in [0, 0.05) is 26.1 Å². The first-order valence-electron chi connectivity index (χ1n) is 8.86. The predicted octanol–water partition coefficient (Wildman–Crippen LogP) is 2.12. The highest BCUT2D eigenvalue weighted by Crippen LogP contribution is 2.16. The number of carbonyl (C=O) groups excluding carboxylic acids is 2. The highest BCUT2D eigenvalue weighted by Gasteiger charge is 2.26. The summed E-state index contributed by atoms with van der Waals surface area (Å²) in [6, 6.07) is 6.99. The molecule has 0 spiro atoms. The maximum atomic E-state index is 12.5. The second-order valence-electron chi connectivity index (χ2n) is 6.28. The zero-order valence-electron chi connectivity index (χ0n) is 15.3. The molecule has 1 heterocycles. The van der Waals surface area contributed by atoms with E-state index in [9.17, 15) is 9.59 Å². The van der Waals surface area contributed by atoms with E-state index in [4.69, 9.17) is 9.47 Å². The predicted molar refractivity (Wildman–Crippen MR) is 95.3 cm³/mol. The van der Waals surface area contributed by atoms with Gasteiger partial charge in [0.25, 0.3) is 0 Å². The van der Waals surface area contributed by atoms with Crippen molar-refractivity contribution in [1.29, 1.82) is 0 Å². The second-order valence-corrected chi connectivity index (χ2v) is 6.28. The van der Waals surface area contributed by atoms with Crippen molar-refractivity contribution in [3.63, 3.8) is 0 Å². The molecule has 2 rings (SSSR count). The lowest BCUT2D eigenvalue weighted by Crippen LogP contribution is -2.48. The SMILES string of the molecule is CCC(=O)N(Cc1ccc(OC)cc1)[C@H](C)C(=O)NC[C@H]1CCCO1. The number of hydrogen-bond acceptors (Lipinski definition) is 4. The number of carbonyl (C=O) groups is 2. The number of ether oxygens (including phenoxy) is 2. The maximum absolute atomic E-state index is 12.5. The van der Waals surface area contributed by atoms with Crippen LogP contribution in [0.15, 0.2) is 24.3 Å². The molecule has 1 aromatic carbocycles. The van der Waals surface area contributed by atoms with E-state index in [-0.39, 0.29) is 17.9 Å². The average Bonchev–Trinajstić information content (AvgIpc) is 3.17. The van der Waals surface area contributed by atoms with Crippen molar-refractivity contribution >= 4 is 11.8 Å². The molecular formula is C19H28N2O4. The Morgan fingerprint density at radius 2 is 2.08 bits per heavy atom. The molecule has 1 aliphatic heterocycles. The molecule has 0 unspecified atom stereocenters. The minimum atomic E-state index is -0.532. The summed E-state index contributed by atoms with van der Waals surface area (Å²) in [5.41, 5.74) is 0.960. The standard InChI is InChI=1S/C19H28N2O4/c1-4-18(22)21(13-15-7-9-16(24-3)10-8-15)14(2)19(23)20-12-17-6-5-11-25-17/h7-10,14,17H,4-6,11-13H2,1-3H3,(H,20,23)/t14-,17-/m1/s1. The van der Waals surface area contributed by atoms with Crippen LogP contribution in [0.25, 0.3) is 0 Å². The van der Waals surface area contributed by atoms with Crippen LogP contribution in [0.1, 0.15) is 38.7 Å². The summed E-state index contributed by atoms with van der Waals surface area (Å²) in [6.07, 6.45) is 2.46. The monoisotopic (exact) mass is 348 g/mol. The Hall–Kier alpha value is -2.08. The molecule has 25 heavy (non-hydrogen) atoms. The molecule has 2 atom stereocenters. The molecular weight excluding hydrogens is 320 g/mol. The van der Waals surface area contributed by atoms with Crippen molar-refractivity contribution in [1.82, 2.24) is 10.2 Å². The van der Waals surface area contributed by atoms with Gasteiger partial charge < -0.3 is 19.7 Å². The second kappa shape index (κ2) is 9.42. The van der Waals surface area contributed by atoms with Gasteiger partial charge in [-0.2, -0.15) is 0 Å². The van der Waals surface area contributed by atoms with Crippen LogP contribution in [0.5, 0.6) is 5.75 Å². The molecule has 2 amide bonds. The van der Waals surface area contributed by atoms with Gasteiger partial charge in [0.15, 0.2) is 0 Å². The summed E-state index contributed by atoms with van der Waals surface area (Å²) < 4.78 is 10.7. The zero-order valence-corrected chi connectivity index (χ0v) is 15.3. The fraction of sp³-hybridized carbons (Fsp3) is 0.579. The Bertz CT molecular complexity index is 567. The number of benzene rings is 1. The smallest absolute Gasteiger partial charge is 0.242 e. The quantitative estimate of drug-likeness (QED) is 0.781. The Balaban J connectivity index is 1.98. The summed E-state index contributed by atoms with van der Waals surface area (Å²) in [4.78, 5) is 26.4. The lowest BCUT2D eigenvalue weighted by atomic mass is 10.1. The number of methoxy groups -OCH3 is 1. The zero-order chi connectivity index (χ0) is 18.2.